The number of ether oxygens (including phenoxy) is 1. The quantitative estimate of drug-likeness (QED) is 0.286. The molecule has 1 fully saturated rings. The minimum atomic E-state index is -4.87. The van der Waals surface area contributed by atoms with Gasteiger partial charge < -0.3 is 19.6 Å². The van der Waals surface area contributed by atoms with Gasteiger partial charge in [-0.1, -0.05) is 85.0 Å². The number of furan rings is 1. The first-order valence-corrected chi connectivity index (χ1v) is 15.9. The summed E-state index contributed by atoms with van der Waals surface area (Å²) in [4.78, 5) is 25.1. The molecule has 1 amide bonds. The Labute approximate surface area is 255 Å². The molecule has 6 rings (SSSR count). The van der Waals surface area contributed by atoms with Crippen molar-refractivity contribution in [3.63, 3.8) is 0 Å². The number of nitrogens with one attached hydrogen (secondary N) is 1. The predicted octanol–water partition coefficient (Wildman–Crippen LogP) is 5.86. The number of carboxylic acid groups (broad SMARTS) is 1. The van der Waals surface area contributed by atoms with E-state index in [1.165, 1.54) is 0 Å². The van der Waals surface area contributed by atoms with Crippen molar-refractivity contribution in [2.45, 2.75) is 42.4 Å². The van der Waals surface area contributed by atoms with Crippen LogP contribution in [0.5, 0.6) is 0 Å². The van der Waals surface area contributed by atoms with Gasteiger partial charge in [-0.2, -0.15) is 0 Å². The third kappa shape index (κ3) is 4.51. The van der Waals surface area contributed by atoms with Gasteiger partial charge in [-0.3, -0.25) is 4.90 Å². The molecule has 0 radical (unpaired) electrons. The number of fused-ring (bicyclic) bond motifs is 3. The maximum Gasteiger partial charge on any atom is 0.412 e. The smallest absolute Gasteiger partial charge is 0.412 e. The second-order valence-electron chi connectivity index (χ2n) is 12.1. The van der Waals surface area contributed by atoms with E-state index in [1.807, 2.05) is 54.6 Å². The van der Waals surface area contributed by atoms with Crippen molar-refractivity contribution in [1.82, 2.24) is 10.2 Å². The van der Waals surface area contributed by atoms with Gasteiger partial charge in [-0.15, -0.1) is 0 Å². The highest BCUT2D eigenvalue weighted by atomic mass is 32.2. The summed E-state index contributed by atoms with van der Waals surface area (Å²) in [5, 5.41) is 15.3. The van der Waals surface area contributed by atoms with E-state index in [2.05, 4.69) is 5.32 Å². The Bertz CT molecular complexity index is 1940. The number of piperazine rings is 1. The molecule has 44 heavy (non-hydrogen) atoms. The first kappa shape index (κ1) is 29.7. The third-order valence-electron chi connectivity index (χ3n) is 8.31. The average molecular weight is 615 g/mol. The summed E-state index contributed by atoms with van der Waals surface area (Å²) in [5.74, 6) is -1.67. The van der Waals surface area contributed by atoms with Gasteiger partial charge in [-0.25, -0.2) is 18.0 Å². The lowest BCUT2D eigenvalue weighted by atomic mass is 9.86. The molecule has 2 heterocycles. The number of nitrogens with zero attached hydrogens (tertiary/aromatic N) is 1. The van der Waals surface area contributed by atoms with Gasteiger partial charge in [-0.05, 0) is 44.4 Å². The van der Waals surface area contributed by atoms with Crippen LogP contribution in [0.25, 0.3) is 27.5 Å². The van der Waals surface area contributed by atoms with Gasteiger partial charge in [0, 0.05) is 36.0 Å². The molecular formula is C34H34N2O7S. The molecule has 2 atom stereocenters. The van der Waals surface area contributed by atoms with Gasteiger partial charge in [0.15, 0.2) is 0 Å². The number of hydrogen-bond donors (Lipinski definition) is 2. The molecule has 1 aliphatic carbocycles. The molecule has 4 aromatic rings. The molecule has 228 valence electrons. The van der Waals surface area contributed by atoms with Crippen molar-refractivity contribution in [3.05, 3.63) is 102 Å². The van der Waals surface area contributed by atoms with Crippen molar-refractivity contribution in [3.8, 4) is 0 Å². The normalized spacial score (nSPS) is 22.6. The fraction of sp³-hybridized carbons (Fsp3) is 0.294. The number of allylic oxidation sites excluding steroid dienone is 3. The summed E-state index contributed by atoms with van der Waals surface area (Å²) in [7, 11) is -4.87. The number of para-hydroxylation sites is 2. The number of aliphatic carboxylic acids is 1. The lowest BCUT2D eigenvalue weighted by Gasteiger charge is -2.47. The van der Waals surface area contributed by atoms with Crippen molar-refractivity contribution in [2.75, 3.05) is 19.6 Å². The molecule has 2 N–H and O–H groups in total. The number of carboxylic acids is 1. The molecule has 10 heteroatoms. The van der Waals surface area contributed by atoms with Crippen LogP contribution in [-0.4, -0.2) is 60.6 Å². The molecule has 3 aromatic carbocycles. The van der Waals surface area contributed by atoms with E-state index < -0.39 is 43.7 Å². The minimum Gasteiger partial charge on any atom is -0.479 e. The van der Waals surface area contributed by atoms with E-state index in [0.717, 1.165) is 21.4 Å². The van der Waals surface area contributed by atoms with E-state index in [4.69, 9.17) is 9.15 Å². The number of benzene rings is 3. The molecule has 9 nitrogen and oxygen atoms in total. The maximum absolute atomic E-state index is 15.4. The van der Waals surface area contributed by atoms with Crippen molar-refractivity contribution < 1.29 is 32.3 Å². The van der Waals surface area contributed by atoms with E-state index in [9.17, 15) is 14.7 Å². The van der Waals surface area contributed by atoms with Crippen molar-refractivity contribution >= 4 is 49.4 Å². The Morgan fingerprint density at radius 2 is 1.68 bits per heavy atom. The highest BCUT2D eigenvalue weighted by Gasteiger charge is 2.66. The highest BCUT2D eigenvalue weighted by molar-refractivity contribution is 7.94. The zero-order valence-electron chi connectivity index (χ0n) is 24.7. The standard InChI is InChI=1S/C34H34N2O7S/c1-32(2,3)43-31(39)36-21-20-35-22-34(36,30(37)38)44(40,41)33(18-16-24(17-19-33)23-10-5-4-6-11-23)27-14-9-13-26-25-12-7-8-15-28(25)42-29(26)27/h4-18,35H,19-22H2,1-3H3,(H,37,38). The van der Waals surface area contributed by atoms with Crippen LogP contribution >= 0.6 is 0 Å². The summed E-state index contributed by atoms with van der Waals surface area (Å²) in [6.07, 6.45) is 3.96. The molecule has 0 spiro atoms. The molecular weight excluding hydrogens is 580 g/mol. The van der Waals surface area contributed by atoms with Crippen LogP contribution in [0, 0.1) is 0 Å². The fourth-order valence-electron chi connectivity index (χ4n) is 6.22. The molecule has 0 bridgehead atoms. The van der Waals surface area contributed by atoms with Crippen LogP contribution in [0.2, 0.25) is 0 Å². The van der Waals surface area contributed by atoms with Gasteiger partial charge in [0.05, 0.1) is 0 Å². The van der Waals surface area contributed by atoms with Gasteiger partial charge in [0.1, 0.15) is 21.5 Å². The number of carbonyl (C=O) groups excluding carboxylic acids is 1. The lowest BCUT2D eigenvalue weighted by Crippen LogP contribution is -2.73. The maximum atomic E-state index is 15.4. The highest BCUT2D eigenvalue weighted by Crippen LogP contribution is 2.50. The number of sulfone groups is 1. The zero-order valence-corrected chi connectivity index (χ0v) is 25.6. The first-order valence-electron chi connectivity index (χ1n) is 14.5. The van der Waals surface area contributed by atoms with E-state index >= 15 is 8.42 Å². The average Bonchev–Trinajstić information content (AvgIpc) is 3.39. The summed E-state index contributed by atoms with van der Waals surface area (Å²) in [5.41, 5.74) is 1.91. The predicted molar refractivity (Wildman–Crippen MR) is 169 cm³/mol. The number of carbonyl (C=O) groups is 2. The summed E-state index contributed by atoms with van der Waals surface area (Å²) in [6.45, 7) is 4.43. The van der Waals surface area contributed by atoms with E-state index in [1.54, 1.807) is 57.2 Å². The van der Waals surface area contributed by atoms with Gasteiger partial charge in [0.2, 0.25) is 9.84 Å². The van der Waals surface area contributed by atoms with E-state index in [-0.39, 0.29) is 19.5 Å². The Morgan fingerprint density at radius 1 is 0.977 bits per heavy atom. The Hall–Kier alpha value is -4.41. The van der Waals surface area contributed by atoms with E-state index in [0.29, 0.717) is 22.1 Å². The molecule has 1 aliphatic heterocycles. The lowest BCUT2D eigenvalue weighted by molar-refractivity contribution is -0.146. The third-order valence-corrected chi connectivity index (χ3v) is 11.2. The number of amides is 1. The van der Waals surface area contributed by atoms with Crippen LogP contribution in [0.3, 0.4) is 0 Å². The first-order chi connectivity index (χ1) is 20.9. The summed E-state index contributed by atoms with van der Waals surface area (Å²) in [6, 6.07) is 22.2. The molecule has 1 aromatic heterocycles. The Balaban J connectivity index is 1.62. The van der Waals surface area contributed by atoms with Gasteiger partial charge >= 0.3 is 12.1 Å². The van der Waals surface area contributed by atoms with Crippen LogP contribution in [0.1, 0.15) is 38.3 Å². The van der Waals surface area contributed by atoms with Crippen LogP contribution in [0.4, 0.5) is 4.79 Å². The molecule has 1 saturated heterocycles. The fourth-order valence-corrected chi connectivity index (χ4v) is 8.80. The summed E-state index contributed by atoms with van der Waals surface area (Å²) >= 11 is 0. The molecule has 0 saturated carbocycles. The second-order valence-corrected chi connectivity index (χ2v) is 14.5. The summed E-state index contributed by atoms with van der Waals surface area (Å²) < 4.78 is 40.8. The van der Waals surface area contributed by atoms with Crippen LogP contribution in [-0.2, 0) is 24.1 Å². The van der Waals surface area contributed by atoms with Gasteiger partial charge in [0.25, 0.3) is 4.87 Å². The van der Waals surface area contributed by atoms with Crippen LogP contribution in [0.15, 0.2) is 95.4 Å². The topological polar surface area (TPSA) is 126 Å². The van der Waals surface area contributed by atoms with Crippen molar-refractivity contribution in [2.24, 2.45) is 0 Å². The van der Waals surface area contributed by atoms with Crippen LogP contribution < -0.4 is 5.32 Å². The Kier molecular flexibility index (Phi) is 7.17. The van der Waals surface area contributed by atoms with Crippen molar-refractivity contribution in [1.29, 1.82) is 0 Å². The Morgan fingerprint density at radius 3 is 2.36 bits per heavy atom. The zero-order chi connectivity index (χ0) is 31.3. The monoisotopic (exact) mass is 614 g/mol. The minimum absolute atomic E-state index is 0.0938. The number of rotatable bonds is 5. The molecule has 2 unspecified atom stereocenters. The largest absolute Gasteiger partial charge is 0.479 e. The SMILES string of the molecule is CC(C)(C)OC(=O)N1CCNCC1(C(=O)O)S(=O)(=O)C1(c2cccc3c2oc2ccccc23)C=CC(c2ccccc2)=CC1. The molecule has 2 aliphatic rings. The number of hydrogen-bond acceptors (Lipinski definition) is 7. The second kappa shape index (κ2) is 10.6.